The van der Waals surface area contributed by atoms with Gasteiger partial charge in [0.2, 0.25) is 0 Å². The monoisotopic (exact) mass is 514 g/mol. The van der Waals surface area contributed by atoms with E-state index in [1.165, 1.54) is 6.07 Å². The fourth-order valence-corrected chi connectivity index (χ4v) is 5.33. The highest BCUT2D eigenvalue weighted by Gasteiger charge is 2.41. The third-order valence-corrected chi connectivity index (χ3v) is 7.06. The van der Waals surface area contributed by atoms with Crippen LogP contribution in [0.25, 0.3) is 5.69 Å². The summed E-state index contributed by atoms with van der Waals surface area (Å²) in [5, 5.41) is 15.7. The SMILES string of the molecule is COc1ccc([N+](=O)[O-])cc1-n1c(C)cc([C@@H]2[C@@H](c3ccccn3)NC(=S)N2Cc2ccncc2)c1C. The van der Waals surface area contributed by atoms with Gasteiger partial charge >= 0.3 is 0 Å². The highest BCUT2D eigenvalue weighted by atomic mass is 32.1. The molecule has 10 heteroatoms. The minimum Gasteiger partial charge on any atom is -0.495 e. The second kappa shape index (κ2) is 9.98. The van der Waals surface area contributed by atoms with E-state index in [1.807, 2.05) is 48.7 Å². The smallest absolute Gasteiger partial charge is 0.271 e. The summed E-state index contributed by atoms with van der Waals surface area (Å²) in [6.45, 7) is 4.59. The van der Waals surface area contributed by atoms with Gasteiger partial charge in [-0.25, -0.2) is 0 Å². The summed E-state index contributed by atoms with van der Waals surface area (Å²) >= 11 is 5.83. The van der Waals surface area contributed by atoms with Crippen molar-refractivity contribution in [2.45, 2.75) is 32.5 Å². The largest absolute Gasteiger partial charge is 0.495 e. The Morgan fingerprint density at radius 3 is 2.57 bits per heavy atom. The molecule has 0 spiro atoms. The number of non-ortho nitro benzene ring substituents is 1. The van der Waals surface area contributed by atoms with Crippen molar-refractivity contribution in [3.63, 3.8) is 0 Å². The summed E-state index contributed by atoms with van der Waals surface area (Å²) in [5.74, 6) is 0.550. The average molecular weight is 515 g/mol. The van der Waals surface area contributed by atoms with E-state index >= 15 is 0 Å². The molecule has 9 nitrogen and oxygen atoms in total. The highest BCUT2D eigenvalue weighted by molar-refractivity contribution is 7.80. The number of nitrogens with one attached hydrogen (secondary N) is 1. The Morgan fingerprint density at radius 2 is 1.89 bits per heavy atom. The van der Waals surface area contributed by atoms with Crippen molar-refractivity contribution in [3.8, 4) is 11.4 Å². The van der Waals surface area contributed by atoms with Gasteiger partial charge in [0, 0.05) is 48.7 Å². The number of benzene rings is 1. The molecule has 0 amide bonds. The molecule has 188 valence electrons. The van der Waals surface area contributed by atoms with Crippen LogP contribution in [0.5, 0.6) is 5.75 Å². The first kappa shape index (κ1) is 24.4. The predicted octanol–water partition coefficient (Wildman–Crippen LogP) is 4.97. The Labute approximate surface area is 219 Å². The minimum atomic E-state index is -0.398. The molecule has 1 saturated heterocycles. The summed E-state index contributed by atoms with van der Waals surface area (Å²) < 4.78 is 7.59. The molecule has 0 radical (unpaired) electrons. The molecule has 1 aromatic carbocycles. The van der Waals surface area contributed by atoms with E-state index in [1.54, 1.807) is 37.8 Å². The number of aryl methyl sites for hydroxylation is 1. The molecule has 1 fully saturated rings. The fraction of sp³-hybridized carbons (Fsp3) is 0.222. The third-order valence-electron chi connectivity index (χ3n) is 6.70. The average Bonchev–Trinajstić information content (AvgIpc) is 3.39. The maximum Gasteiger partial charge on any atom is 0.271 e. The number of thiocarbonyl (C=S) groups is 1. The maximum atomic E-state index is 11.5. The molecule has 3 aromatic heterocycles. The normalized spacial score (nSPS) is 17.1. The summed E-state index contributed by atoms with van der Waals surface area (Å²) in [6.07, 6.45) is 5.32. The topological polar surface area (TPSA) is 98.3 Å². The molecule has 4 aromatic rings. The van der Waals surface area contributed by atoms with Crippen LogP contribution in [0, 0.1) is 24.0 Å². The van der Waals surface area contributed by atoms with Crippen molar-refractivity contribution < 1.29 is 9.66 Å². The summed E-state index contributed by atoms with van der Waals surface area (Å²) in [6, 6.07) is 16.2. The van der Waals surface area contributed by atoms with Crippen molar-refractivity contribution in [3.05, 3.63) is 112 Å². The summed E-state index contributed by atoms with van der Waals surface area (Å²) in [5.41, 5.74) is 5.48. The van der Waals surface area contributed by atoms with Crippen LogP contribution in [-0.2, 0) is 6.54 Å². The molecule has 1 aliphatic rings. The molecular formula is C27H26N6O3S. The quantitative estimate of drug-likeness (QED) is 0.210. The van der Waals surface area contributed by atoms with E-state index in [4.69, 9.17) is 17.0 Å². The van der Waals surface area contributed by atoms with Crippen LogP contribution in [0.4, 0.5) is 5.69 Å². The Hall–Kier alpha value is -4.31. The van der Waals surface area contributed by atoms with Crippen molar-refractivity contribution in [1.29, 1.82) is 0 Å². The van der Waals surface area contributed by atoms with Crippen LogP contribution in [-0.4, -0.2) is 36.6 Å². The van der Waals surface area contributed by atoms with Gasteiger partial charge in [0.15, 0.2) is 5.11 Å². The summed E-state index contributed by atoms with van der Waals surface area (Å²) in [4.78, 5) is 22.1. The predicted molar refractivity (Wildman–Crippen MR) is 144 cm³/mol. The van der Waals surface area contributed by atoms with Crippen LogP contribution in [0.3, 0.4) is 0 Å². The van der Waals surface area contributed by atoms with E-state index in [-0.39, 0.29) is 17.8 Å². The number of aromatic nitrogens is 3. The molecule has 1 aliphatic heterocycles. The van der Waals surface area contributed by atoms with Crippen LogP contribution < -0.4 is 10.1 Å². The standard InChI is InChI=1S/C27H26N6O3S/c1-17-14-21(18(2)32(17)23-15-20(33(34)35)7-8-24(23)36-3)26-25(22-6-4-5-11-29-22)30-27(37)31(26)16-19-9-12-28-13-10-19/h4-15,25-26H,16H2,1-3H3,(H,30,37)/t25-,26-/m1/s1. The lowest BCUT2D eigenvalue weighted by molar-refractivity contribution is -0.384. The number of ether oxygens (including phenoxy) is 1. The Balaban J connectivity index is 1.66. The lowest BCUT2D eigenvalue weighted by Crippen LogP contribution is -2.29. The Morgan fingerprint density at radius 1 is 1.11 bits per heavy atom. The minimum absolute atomic E-state index is 0.000707. The summed E-state index contributed by atoms with van der Waals surface area (Å²) in [7, 11) is 1.56. The number of hydrogen-bond acceptors (Lipinski definition) is 6. The van der Waals surface area contributed by atoms with Gasteiger partial charge in [-0.05, 0) is 73.6 Å². The number of rotatable bonds is 7. The zero-order valence-corrected chi connectivity index (χ0v) is 21.5. The second-order valence-corrected chi connectivity index (χ2v) is 9.27. The van der Waals surface area contributed by atoms with Crippen molar-refractivity contribution in [1.82, 2.24) is 24.8 Å². The van der Waals surface area contributed by atoms with E-state index in [0.717, 1.165) is 28.2 Å². The van der Waals surface area contributed by atoms with Gasteiger partial charge in [0.1, 0.15) is 5.75 Å². The van der Waals surface area contributed by atoms with Crippen LogP contribution in [0.1, 0.15) is 40.3 Å². The molecule has 1 N–H and O–H groups in total. The molecule has 0 aliphatic carbocycles. The number of nitrogens with zero attached hydrogens (tertiary/aromatic N) is 5. The molecule has 0 unspecified atom stereocenters. The van der Waals surface area contributed by atoms with Crippen molar-refractivity contribution >= 4 is 23.0 Å². The van der Waals surface area contributed by atoms with E-state index in [2.05, 4.69) is 26.3 Å². The van der Waals surface area contributed by atoms with Gasteiger partial charge in [-0.15, -0.1) is 0 Å². The number of nitro benzene ring substituents is 1. The molecule has 5 rings (SSSR count). The van der Waals surface area contributed by atoms with Crippen molar-refractivity contribution in [2.75, 3.05) is 7.11 Å². The van der Waals surface area contributed by atoms with Gasteiger partial charge in [-0.1, -0.05) is 6.07 Å². The fourth-order valence-electron chi connectivity index (χ4n) is 5.02. The van der Waals surface area contributed by atoms with E-state index in [9.17, 15) is 10.1 Å². The van der Waals surface area contributed by atoms with Gasteiger partial charge in [0.05, 0.1) is 35.5 Å². The third kappa shape index (κ3) is 4.51. The number of nitro groups is 1. The van der Waals surface area contributed by atoms with Crippen LogP contribution in [0.15, 0.2) is 73.2 Å². The van der Waals surface area contributed by atoms with Crippen LogP contribution >= 0.6 is 12.2 Å². The van der Waals surface area contributed by atoms with E-state index < -0.39 is 4.92 Å². The maximum absolute atomic E-state index is 11.5. The zero-order chi connectivity index (χ0) is 26.1. The first-order chi connectivity index (χ1) is 17.9. The first-order valence-electron chi connectivity index (χ1n) is 11.8. The number of hydrogen-bond donors (Lipinski definition) is 1. The first-order valence-corrected chi connectivity index (χ1v) is 12.2. The van der Waals surface area contributed by atoms with Crippen molar-refractivity contribution in [2.24, 2.45) is 0 Å². The molecule has 0 bridgehead atoms. The molecular weight excluding hydrogens is 488 g/mol. The van der Waals surface area contributed by atoms with Gasteiger partial charge in [-0.2, -0.15) is 0 Å². The lowest BCUT2D eigenvalue weighted by Gasteiger charge is -2.28. The van der Waals surface area contributed by atoms with Gasteiger partial charge < -0.3 is 19.5 Å². The number of pyridine rings is 2. The zero-order valence-electron chi connectivity index (χ0n) is 20.7. The molecule has 37 heavy (non-hydrogen) atoms. The second-order valence-electron chi connectivity index (χ2n) is 8.89. The Bertz CT molecular complexity index is 1460. The Kier molecular flexibility index (Phi) is 6.58. The molecule has 4 heterocycles. The highest BCUT2D eigenvalue weighted by Crippen LogP contribution is 2.43. The molecule has 2 atom stereocenters. The van der Waals surface area contributed by atoms with Gasteiger partial charge in [0.25, 0.3) is 5.69 Å². The molecule has 0 saturated carbocycles. The van der Waals surface area contributed by atoms with Gasteiger partial charge in [-0.3, -0.25) is 20.1 Å². The number of methoxy groups -OCH3 is 1. The lowest BCUT2D eigenvalue weighted by atomic mass is 9.96. The van der Waals surface area contributed by atoms with E-state index in [0.29, 0.717) is 23.1 Å². The van der Waals surface area contributed by atoms with Crippen LogP contribution in [0.2, 0.25) is 0 Å².